The van der Waals surface area contributed by atoms with Crippen LogP contribution >= 0.6 is 0 Å². The number of benzene rings is 2. The summed E-state index contributed by atoms with van der Waals surface area (Å²) in [6, 6.07) is 10.6. The summed E-state index contributed by atoms with van der Waals surface area (Å²) in [6.45, 7) is 5.54. The first kappa shape index (κ1) is 7.29. The molecule has 2 aromatic carbocycles. The van der Waals surface area contributed by atoms with Crippen LogP contribution in [0.4, 0.5) is 4.39 Å². The largest absolute Gasteiger partial charge is 0.207 e. The molecule has 1 heteroatoms. The minimum Gasteiger partial charge on any atom is -0.207 e. The monoisotopic (exact) mass is 158 g/mol. The Morgan fingerprint density at radius 2 is 1.75 bits per heavy atom. The maximum Gasteiger partial charge on any atom is 0.127 e. The Morgan fingerprint density at radius 3 is 2.58 bits per heavy atom. The summed E-state index contributed by atoms with van der Waals surface area (Å²) in [4.78, 5) is 0. The van der Waals surface area contributed by atoms with E-state index in [0.717, 1.165) is 10.8 Å². The molecule has 0 atom stereocenters. The molecule has 0 aliphatic heterocycles. The van der Waals surface area contributed by atoms with Crippen molar-refractivity contribution in [2.24, 2.45) is 0 Å². The predicted molar refractivity (Wildman–Crippen MR) is 47.3 cm³/mol. The molecule has 0 aliphatic carbocycles. The Bertz CT molecular complexity index is 418. The molecule has 0 amide bonds. The van der Waals surface area contributed by atoms with Gasteiger partial charge >= 0.3 is 0 Å². The Kier molecular flexibility index (Phi) is 1.58. The van der Waals surface area contributed by atoms with Crippen molar-refractivity contribution in [2.45, 2.75) is 0 Å². The van der Waals surface area contributed by atoms with Crippen LogP contribution in [0.5, 0.6) is 0 Å². The zero-order valence-electron chi connectivity index (χ0n) is 6.42. The number of fused-ring (bicyclic) bond motifs is 1. The predicted octanol–water partition coefficient (Wildman–Crippen LogP) is 3.04. The van der Waals surface area contributed by atoms with Crippen molar-refractivity contribution >= 4 is 10.8 Å². The van der Waals surface area contributed by atoms with Crippen LogP contribution in [0.2, 0.25) is 0 Å². The van der Waals surface area contributed by atoms with Gasteiger partial charge in [-0.15, -0.1) is 0 Å². The second-order valence-electron chi connectivity index (χ2n) is 2.68. The van der Waals surface area contributed by atoms with Crippen LogP contribution in [-0.4, -0.2) is 0 Å². The van der Waals surface area contributed by atoms with Gasteiger partial charge in [-0.1, -0.05) is 30.3 Å². The smallest absolute Gasteiger partial charge is 0.127 e. The fourth-order valence-corrected chi connectivity index (χ4v) is 1.27. The van der Waals surface area contributed by atoms with Crippen molar-refractivity contribution in [3.63, 3.8) is 0 Å². The molecule has 0 N–H and O–H groups in total. The first-order valence-corrected chi connectivity index (χ1v) is 3.72. The summed E-state index contributed by atoms with van der Waals surface area (Å²) < 4.78 is 12.9. The number of hydrogen-bond acceptors (Lipinski definition) is 0. The number of halogens is 1. The quantitative estimate of drug-likeness (QED) is 0.552. The average molecular weight is 158 g/mol. The molecule has 0 spiro atoms. The summed E-state index contributed by atoms with van der Waals surface area (Å²) in [7, 11) is 0. The lowest BCUT2D eigenvalue weighted by atomic mass is 10.1. The average Bonchev–Trinajstić information content (AvgIpc) is 2.12. The van der Waals surface area contributed by atoms with E-state index in [-0.39, 0.29) is 11.4 Å². The Morgan fingerprint density at radius 1 is 1.00 bits per heavy atom. The third-order valence-electron chi connectivity index (χ3n) is 1.92. The van der Waals surface area contributed by atoms with Gasteiger partial charge in [-0.25, -0.2) is 4.39 Å². The maximum absolute atomic E-state index is 12.9. The standard InChI is InChI=1S/C11H7F/c1-8-10-5-3-2-4-9(10)6-7-11(8)12/h1-7H. The fourth-order valence-electron chi connectivity index (χ4n) is 1.27. The second kappa shape index (κ2) is 2.59. The minimum atomic E-state index is -0.353. The van der Waals surface area contributed by atoms with Gasteiger partial charge in [-0.3, -0.25) is 0 Å². The van der Waals surface area contributed by atoms with E-state index in [4.69, 9.17) is 6.92 Å². The van der Waals surface area contributed by atoms with Crippen molar-refractivity contribution in [1.29, 1.82) is 0 Å². The van der Waals surface area contributed by atoms with E-state index in [1.807, 2.05) is 24.3 Å². The van der Waals surface area contributed by atoms with Crippen molar-refractivity contribution in [3.8, 4) is 0 Å². The van der Waals surface area contributed by atoms with Crippen LogP contribution in [0.3, 0.4) is 0 Å². The third-order valence-corrected chi connectivity index (χ3v) is 1.92. The summed E-state index contributed by atoms with van der Waals surface area (Å²) in [5, 5.41) is 1.74. The summed E-state index contributed by atoms with van der Waals surface area (Å²) in [5.74, 6) is -0.353. The molecule has 2 rings (SSSR count). The van der Waals surface area contributed by atoms with Gasteiger partial charge in [0.2, 0.25) is 0 Å². The highest BCUT2D eigenvalue weighted by Gasteiger charge is 2.00. The van der Waals surface area contributed by atoms with Crippen LogP contribution in [0, 0.1) is 12.7 Å². The topological polar surface area (TPSA) is 0 Å². The van der Waals surface area contributed by atoms with Gasteiger partial charge in [0.1, 0.15) is 5.82 Å². The zero-order valence-corrected chi connectivity index (χ0v) is 6.42. The van der Waals surface area contributed by atoms with E-state index in [9.17, 15) is 4.39 Å². The van der Waals surface area contributed by atoms with Crippen LogP contribution < -0.4 is 0 Å². The number of hydrogen-bond donors (Lipinski definition) is 0. The first-order chi connectivity index (χ1) is 5.79. The van der Waals surface area contributed by atoms with Gasteiger partial charge < -0.3 is 0 Å². The maximum atomic E-state index is 12.9. The molecule has 0 saturated carbocycles. The molecule has 2 radical (unpaired) electrons. The Hall–Kier alpha value is -1.37. The van der Waals surface area contributed by atoms with Crippen LogP contribution in [0.15, 0.2) is 36.4 Å². The van der Waals surface area contributed by atoms with E-state index < -0.39 is 0 Å². The second-order valence-corrected chi connectivity index (χ2v) is 2.68. The summed E-state index contributed by atoms with van der Waals surface area (Å²) in [6.07, 6.45) is 0. The molecule has 2 aromatic rings. The third kappa shape index (κ3) is 0.981. The van der Waals surface area contributed by atoms with Crippen molar-refractivity contribution in [2.75, 3.05) is 0 Å². The van der Waals surface area contributed by atoms with Gasteiger partial charge in [-0.2, -0.15) is 0 Å². The summed E-state index contributed by atoms with van der Waals surface area (Å²) >= 11 is 0. The van der Waals surface area contributed by atoms with Crippen LogP contribution in [-0.2, 0) is 0 Å². The molecule has 58 valence electrons. The van der Waals surface area contributed by atoms with E-state index >= 15 is 0 Å². The first-order valence-electron chi connectivity index (χ1n) is 3.72. The van der Waals surface area contributed by atoms with Crippen molar-refractivity contribution in [3.05, 3.63) is 54.7 Å². The lowest BCUT2D eigenvalue weighted by Crippen LogP contribution is -1.83. The van der Waals surface area contributed by atoms with Crippen molar-refractivity contribution in [1.82, 2.24) is 0 Å². The van der Waals surface area contributed by atoms with E-state index in [1.165, 1.54) is 6.07 Å². The zero-order chi connectivity index (χ0) is 8.55. The van der Waals surface area contributed by atoms with Gasteiger partial charge in [0, 0.05) is 6.92 Å². The highest BCUT2D eigenvalue weighted by atomic mass is 19.1. The molecule has 0 bridgehead atoms. The summed E-state index contributed by atoms with van der Waals surface area (Å²) in [5.41, 5.74) is 0.230. The van der Waals surface area contributed by atoms with Gasteiger partial charge in [0.05, 0.1) is 0 Å². The molecule has 0 aliphatic rings. The Labute approximate surface area is 70.6 Å². The highest BCUT2D eigenvalue weighted by molar-refractivity contribution is 5.86. The molecule has 12 heavy (non-hydrogen) atoms. The molecule has 0 aromatic heterocycles. The van der Waals surface area contributed by atoms with E-state index in [1.54, 1.807) is 6.07 Å². The van der Waals surface area contributed by atoms with Crippen molar-refractivity contribution < 1.29 is 4.39 Å². The van der Waals surface area contributed by atoms with Gasteiger partial charge in [0.15, 0.2) is 0 Å². The molecular formula is C11H7F. The van der Waals surface area contributed by atoms with E-state index in [2.05, 4.69) is 0 Å². The minimum absolute atomic E-state index is 0.230. The van der Waals surface area contributed by atoms with Gasteiger partial charge in [0.25, 0.3) is 0 Å². The molecular weight excluding hydrogens is 151 g/mol. The highest BCUT2D eigenvalue weighted by Crippen LogP contribution is 2.19. The lowest BCUT2D eigenvalue weighted by molar-refractivity contribution is 0.625. The van der Waals surface area contributed by atoms with Gasteiger partial charge in [-0.05, 0) is 22.4 Å². The van der Waals surface area contributed by atoms with Crippen LogP contribution in [0.25, 0.3) is 10.8 Å². The number of rotatable bonds is 0. The molecule has 0 saturated heterocycles. The molecule has 0 heterocycles. The Balaban J connectivity index is 2.91. The van der Waals surface area contributed by atoms with E-state index in [0.29, 0.717) is 0 Å². The molecule has 0 unspecified atom stereocenters. The SMILES string of the molecule is [CH]c1c(F)ccc2ccccc12. The van der Waals surface area contributed by atoms with Crippen LogP contribution in [0.1, 0.15) is 5.56 Å². The molecule has 0 nitrogen and oxygen atoms in total. The molecule has 0 fully saturated rings. The fraction of sp³-hybridized carbons (Fsp3) is 0. The normalized spacial score (nSPS) is 10.5. The lowest BCUT2D eigenvalue weighted by Gasteiger charge is -2.01.